The van der Waals surface area contributed by atoms with Gasteiger partial charge in [0.15, 0.2) is 0 Å². The van der Waals surface area contributed by atoms with Crippen LogP contribution in [0.2, 0.25) is 0 Å². The van der Waals surface area contributed by atoms with Crippen LogP contribution >= 0.6 is 0 Å². The summed E-state index contributed by atoms with van der Waals surface area (Å²) >= 11 is 0. The Balaban J connectivity index is 1.86. The Bertz CT molecular complexity index is 771. The molecule has 0 heterocycles. The molecule has 6 nitrogen and oxygen atoms in total. The van der Waals surface area contributed by atoms with E-state index in [2.05, 4.69) is 17.2 Å². The zero-order chi connectivity index (χ0) is 19.7. The molecule has 0 aliphatic carbocycles. The molecule has 0 aromatic heterocycles. The molecule has 0 radical (unpaired) electrons. The average molecular weight is 368 g/mol. The van der Waals surface area contributed by atoms with Gasteiger partial charge in [0.05, 0.1) is 0 Å². The third-order valence-corrected chi connectivity index (χ3v) is 3.68. The molecule has 2 aromatic carbocycles. The van der Waals surface area contributed by atoms with Crippen molar-refractivity contribution in [2.45, 2.75) is 26.0 Å². The molecule has 0 spiro atoms. The highest BCUT2D eigenvalue weighted by Crippen LogP contribution is 2.17. The minimum Gasteiger partial charge on any atom is -0.490 e. The maximum atomic E-state index is 12.5. The first-order valence-electron chi connectivity index (χ1n) is 8.55. The summed E-state index contributed by atoms with van der Waals surface area (Å²) in [6.07, 6.45) is 0.994. The minimum absolute atomic E-state index is 0.135. The Morgan fingerprint density at radius 1 is 1.07 bits per heavy atom. The van der Waals surface area contributed by atoms with E-state index in [4.69, 9.17) is 9.47 Å². The third kappa shape index (κ3) is 6.51. The SMILES string of the molecule is C=CCOc1ccc(NC(=O)C(C)(C)NC(=O)OCc2ccccc2)cc1. The van der Waals surface area contributed by atoms with Crippen LogP contribution in [0.25, 0.3) is 0 Å². The van der Waals surface area contributed by atoms with Crippen molar-refractivity contribution >= 4 is 17.7 Å². The van der Waals surface area contributed by atoms with Crippen molar-refractivity contribution in [3.05, 3.63) is 72.8 Å². The summed E-state index contributed by atoms with van der Waals surface area (Å²) in [6.45, 7) is 7.34. The molecule has 27 heavy (non-hydrogen) atoms. The first-order chi connectivity index (χ1) is 12.9. The van der Waals surface area contributed by atoms with Crippen molar-refractivity contribution in [3.63, 3.8) is 0 Å². The van der Waals surface area contributed by atoms with E-state index in [1.807, 2.05) is 30.3 Å². The molecular formula is C21H24N2O4. The van der Waals surface area contributed by atoms with Crippen LogP contribution in [0.15, 0.2) is 67.3 Å². The maximum absolute atomic E-state index is 12.5. The fourth-order valence-electron chi connectivity index (χ4n) is 2.15. The fraction of sp³-hybridized carbons (Fsp3) is 0.238. The normalized spacial score (nSPS) is 10.6. The summed E-state index contributed by atoms with van der Waals surface area (Å²) in [6, 6.07) is 16.3. The topological polar surface area (TPSA) is 76.7 Å². The number of alkyl carbamates (subject to hydrolysis) is 1. The molecule has 2 rings (SSSR count). The number of hydrogen-bond donors (Lipinski definition) is 2. The van der Waals surface area contributed by atoms with Crippen LogP contribution in [0.1, 0.15) is 19.4 Å². The zero-order valence-electron chi connectivity index (χ0n) is 15.5. The molecule has 2 aromatic rings. The summed E-state index contributed by atoms with van der Waals surface area (Å²) in [5.74, 6) is 0.314. The number of anilines is 1. The average Bonchev–Trinajstić information content (AvgIpc) is 2.66. The molecular weight excluding hydrogens is 344 g/mol. The van der Waals surface area contributed by atoms with Gasteiger partial charge in [0, 0.05) is 5.69 Å². The van der Waals surface area contributed by atoms with Gasteiger partial charge in [-0.1, -0.05) is 43.0 Å². The maximum Gasteiger partial charge on any atom is 0.408 e. The number of carbonyl (C=O) groups excluding carboxylic acids is 2. The van der Waals surface area contributed by atoms with E-state index in [-0.39, 0.29) is 12.5 Å². The van der Waals surface area contributed by atoms with Crippen LogP contribution in [-0.4, -0.2) is 24.1 Å². The van der Waals surface area contributed by atoms with Crippen molar-refractivity contribution in [2.75, 3.05) is 11.9 Å². The van der Waals surface area contributed by atoms with Gasteiger partial charge in [-0.2, -0.15) is 0 Å². The highest BCUT2D eigenvalue weighted by atomic mass is 16.5. The molecule has 0 fully saturated rings. The smallest absolute Gasteiger partial charge is 0.408 e. The number of nitrogens with one attached hydrogen (secondary N) is 2. The van der Waals surface area contributed by atoms with Crippen molar-refractivity contribution < 1.29 is 19.1 Å². The van der Waals surface area contributed by atoms with E-state index in [1.54, 1.807) is 44.2 Å². The van der Waals surface area contributed by atoms with Crippen LogP contribution in [-0.2, 0) is 16.1 Å². The number of carbonyl (C=O) groups is 2. The van der Waals surface area contributed by atoms with Gasteiger partial charge >= 0.3 is 6.09 Å². The molecule has 0 saturated carbocycles. The quantitative estimate of drug-likeness (QED) is 0.693. The van der Waals surface area contributed by atoms with Gasteiger partial charge in [-0.3, -0.25) is 4.79 Å². The van der Waals surface area contributed by atoms with E-state index in [9.17, 15) is 9.59 Å². The molecule has 6 heteroatoms. The molecule has 2 amide bonds. The molecule has 0 aliphatic heterocycles. The lowest BCUT2D eigenvalue weighted by molar-refractivity contribution is -0.121. The van der Waals surface area contributed by atoms with Gasteiger partial charge in [-0.25, -0.2) is 4.79 Å². The standard InChI is InChI=1S/C21H24N2O4/c1-4-14-26-18-12-10-17(11-13-18)22-19(24)21(2,3)23-20(25)27-15-16-8-6-5-7-9-16/h4-13H,1,14-15H2,2-3H3,(H,22,24)(H,23,25). The minimum atomic E-state index is -1.15. The molecule has 0 aliphatic rings. The van der Waals surface area contributed by atoms with Crippen LogP contribution in [0.4, 0.5) is 10.5 Å². The molecule has 0 saturated heterocycles. The van der Waals surface area contributed by atoms with E-state index >= 15 is 0 Å². The van der Waals surface area contributed by atoms with Gasteiger partial charge < -0.3 is 20.1 Å². The van der Waals surface area contributed by atoms with Crippen LogP contribution in [0.3, 0.4) is 0 Å². The van der Waals surface area contributed by atoms with Crippen molar-refractivity contribution in [2.24, 2.45) is 0 Å². The second-order valence-corrected chi connectivity index (χ2v) is 6.39. The molecule has 0 bridgehead atoms. The summed E-state index contributed by atoms with van der Waals surface area (Å²) in [5.41, 5.74) is 0.318. The monoisotopic (exact) mass is 368 g/mol. The molecule has 142 valence electrons. The van der Waals surface area contributed by atoms with Crippen molar-refractivity contribution in [3.8, 4) is 5.75 Å². The molecule has 0 atom stereocenters. The van der Waals surface area contributed by atoms with Gasteiger partial charge in [-0.05, 0) is 43.7 Å². The summed E-state index contributed by atoms with van der Waals surface area (Å²) in [7, 11) is 0. The predicted molar refractivity (Wildman–Crippen MR) is 105 cm³/mol. The van der Waals surface area contributed by atoms with E-state index in [1.165, 1.54) is 0 Å². The molecule has 2 N–H and O–H groups in total. The first kappa shape index (κ1) is 20.0. The molecule has 0 unspecified atom stereocenters. The number of benzene rings is 2. The Kier molecular flexibility index (Phi) is 7.00. The second kappa shape index (κ2) is 9.43. The van der Waals surface area contributed by atoms with E-state index in [0.29, 0.717) is 18.0 Å². The van der Waals surface area contributed by atoms with Gasteiger partial charge in [0.1, 0.15) is 24.5 Å². The number of ether oxygens (including phenoxy) is 2. The lowest BCUT2D eigenvalue weighted by Crippen LogP contribution is -2.52. The highest BCUT2D eigenvalue weighted by molar-refractivity contribution is 5.99. The highest BCUT2D eigenvalue weighted by Gasteiger charge is 2.30. The summed E-state index contributed by atoms with van der Waals surface area (Å²) in [5, 5.41) is 5.34. The summed E-state index contributed by atoms with van der Waals surface area (Å²) in [4.78, 5) is 24.5. The van der Waals surface area contributed by atoms with Gasteiger partial charge in [0.25, 0.3) is 0 Å². The number of amides is 2. The second-order valence-electron chi connectivity index (χ2n) is 6.39. The van der Waals surface area contributed by atoms with E-state index < -0.39 is 11.6 Å². The van der Waals surface area contributed by atoms with Crippen molar-refractivity contribution in [1.82, 2.24) is 5.32 Å². The van der Waals surface area contributed by atoms with Crippen LogP contribution in [0.5, 0.6) is 5.75 Å². The largest absolute Gasteiger partial charge is 0.490 e. The fourth-order valence-corrected chi connectivity index (χ4v) is 2.15. The van der Waals surface area contributed by atoms with Crippen LogP contribution in [0, 0.1) is 0 Å². The predicted octanol–water partition coefficient (Wildman–Crippen LogP) is 3.89. The van der Waals surface area contributed by atoms with Crippen LogP contribution < -0.4 is 15.4 Å². The summed E-state index contributed by atoms with van der Waals surface area (Å²) < 4.78 is 10.6. The van der Waals surface area contributed by atoms with Gasteiger partial charge in [-0.15, -0.1) is 0 Å². The Hall–Kier alpha value is -3.28. The zero-order valence-corrected chi connectivity index (χ0v) is 15.5. The first-order valence-corrected chi connectivity index (χ1v) is 8.55. The van der Waals surface area contributed by atoms with Crippen molar-refractivity contribution in [1.29, 1.82) is 0 Å². The van der Waals surface area contributed by atoms with E-state index in [0.717, 1.165) is 5.56 Å². The Morgan fingerprint density at radius 2 is 1.74 bits per heavy atom. The lowest BCUT2D eigenvalue weighted by Gasteiger charge is -2.24. The Labute approximate surface area is 159 Å². The third-order valence-electron chi connectivity index (χ3n) is 3.68. The number of hydrogen-bond acceptors (Lipinski definition) is 4. The van der Waals surface area contributed by atoms with Gasteiger partial charge in [0.2, 0.25) is 5.91 Å². The number of rotatable bonds is 8. The Morgan fingerprint density at radius 3 is 2.37 bits per heavy atom. The lowest BCUT2D eigenvalue weighted by atomic mass is 10.0.